The summed E-state index contributed by atoms with van der Waals surface area (Å²) in [5, 5.41) is 3.41. The first-order valence-electron chi connectivity index (χ1n) is 8.10. The van der Waals surface area contributed by atoms with Gasteiger partial charge in [0.05, 0.1) is 6.54 Å². The van der Waals surface area contributed by atoms with Crippen LogP contribution in [0.5, 0.6) is 0 Å². The molecule has 0 spiro atoms. The van der Waals surface area contributed by atoms with Crippen molar-refractivity contribution in [1.82, 2.24) is 20.0 Å². The van der Waals surface area contributed by atoms with Crippen LogP contribution in [0.25, 0.3) is 0 Å². The molecule has 2 rings (SSSR count). The second-order valence-corrected chi connectivity index (χ2v) is 5.95. The number of nitrogens with one attached hydrogen (secondary N) is 1. The van der Waals surface area contributed by atoms with Gasteiger partial charge in [-0.1, -0.05) is 6.92 Å². The van der Waals surface area contributed by atoms with Crippen LogP contribution in [0.1, 0.15) is 26.7 Å². The summed E-state index contributed by atoms with van der Waals surface area (Å²) in [7, 11) is 0. The molecule has 2 aliphatic heterocycles. The maximum Gasteiger partial charge on any atom is 0.236 e. The van der Waals surface area contributed by atoms with Crippen LogP contribution in [-0.2, 0) is 9.59 Å². The van der Waals surface area contributed by atoms with Gasteiger partial charge in [0.25, 0.3) is 0 Å². The molecule has 0 saturated carbocycles. The van der Waals surface area contributed by atoms with Gasteiger partial charge in [-0.3, -0.25) is 14.5 Å². The molecule has 6 heteroatoms. The molecule has 120 valence electrons. The van der Waals surface area contributed by atoms with Crippen LogP contribution in [0.15, 0.2) is 0 Å². The Hall–Kier alpha value is -1.14. The van der Waals surface area contributed by atoms with Crippen molar-refractivity contribution in [1.29, 1.82) is 0 Å². The maximum absolute atomic E-state index is 12.4. The van der Waals surface area contributed by atoms with Gasteiger partial charge in [0.2, 0.25) is 11.8 Å². The molecular weight excluding hydrogens is 268 g/mol. The maximum atomic E-state index is 12.4. The van der Waals surface area contributed by atoms with Gasteiger partial charge >= 0.3 is 0 Å². The van der Waals surface area contributed by atoms with E-state index in [0.717, 1.165) is 19.6 Å². The van der Waals surface area contributed by atoms with Gasteiger partial charge in [0.15, 0.2) is 0 Å². The standard InChI is InChI=1S/C15H28N4O2/c1-3-17(14-5-4-6-16-11-14)12-15(21)19-9-7-18(8-10-19)13(2)20/h14,16H,3-12H2,1-2H3. The van der Waals surface area contributed by atoms with Gasteiger partial charge in [-0.15, -0.1) is 0 Å². The summed E-state index contributed by atoms with van der Waals surface area (Å²) in [6, 6.07) is 0.478. The minimum Gasteiger partial charge on any atom is -0.339 e. The van der Waals surface area contributed by atoms with Crippen LogP contribution in [0.4, 0.5) is 0 Å². The molecule has 0 aromatic heterocycles. The minimum absolute atomic E-state index is 0.102. The van der Waals surface area contributed by atoms with E-state index in [9.17, 15) is 9.59 Å². The number of piperazine rings is 1. The molecule has 0 aromatic carbocycles. The van der Waals surface area contributed by atoms with Gasteiger partial charge in [-0.05, 0) is 25.9 Å². The van der Waals surface area contributed by atoms with Gasteiger partial charge in [0.1, 0.15) is 0 Å². The summed E-state index contributed by atoms with van der Waals surface area (Å²) in [4.78, 5) is 29.8. The zero-order valence-electron chi connectivity index (χ0n) is 13.3. The van der Waals surface area contributed by atoms with Crippen molar-refractivity contribution >= 4 is 11.8 Å². The molecule has 0 aromatic rings. The van der Waals surface area contributed by atoms with Gasteiger partial charge in [0, 0.05) is 45.7 Å². The van der Waals surface area contributed by atoms with E-state index < -0.39 is 0 Å². The molecule has 1 unspecified atom stereocenters. The Morgan fingerprint density at radius 2 is 1.86 bits per heavy atom. The fourth-order valence-electron chi connectivity index (χ4n) is 3.19. The summed E-state index contributed by atoms with van der Waals surface area (Å²) in [6.07, 6.45) is 2.36. The third-order valence-electron chi connectivity index (χ3n) is 4.61. The second-order valence-electron chi connectivity index (χ2n) is 5.95. The number of amides is 2. The van der Waals surface area contributed by atoms with Gasteiger partial charge in [-0.25, -0.2) is 0 Å². The number of hydrogen-bond donors (Lipinski definition) is 1. The number of piperidine rings is 1. The number of carbonyl (C=O) groups is 2. The first kappa shape index (κ1) is 16.2. The largest absolute Gasteiger partial charge is 0.339 e. The van der Waals surface area contributed by atoms with Crippen LogP contribution < -0.4 is 5.32 Å². The van der Waals surface area contributed by atoms with E-state index in [4.69, 9.17) is 0 Å². The number of likely N-dealkylation sites (N-methyl/N-ethyl adjacent to an activating group) is 1. The van der Waals surface area contributed by atoms with Crippen molar-refractivity contribution in [3.8, 4) is 0 Å². The lowest BCUT2D eigenvalue weighted by molar-refractivity contribution is -0.139. The van der Waals surface area contributed by atoms with Crippen molar-refractivity contribution < 1.29 is 9.59 Å². The summed E-state index contributed by atoms with van der Waals surface area (Å²) in [5.41, 5.74) is 0. The molecule has 0 aliphatic carbocycles. The third kappa shape index (κ3) is 4.41. The predicted molar refractivity (Wildman–Crippen MR) is 82.0 cm³/mol. The van der Waals surface area contributed by atoms with Crippen molar-refractivity contribution in [2.45, 2.75) is 32.7 Å². The topological polar surface area (TPSA) is 55.9 Å². The highest BCUT2D eigenvalue weighted by molar-refractivity contribution is 5.79. The van der Waals surface area contributed by atoms with Gasteiger partial charge in [-0.2, -0.15) is 0 Å². The zero-order valence-corrected chi connectivity index (χ0v) is 13.3. The van der Waals surface area contributed by atoms with Crippen LogP contribution >= 0.6 is 0 Å². The molecule has 2 saturated heterocycles. The Bertz CT molecular complexity index is 361. The zero-order chi connectivity index (χ0) is 15.2. The molecule has 1 N–H and O–H groups in total. The minimum atomic E-state index is 0.102. The number of rotatable bonds is 4. The molecule has 0 bridgehead atoms. The molecule has 2 aliphatic rings. The highest BCUT2D eigenvalue weighted by Gasteiger charge is 2.26. The van der Waals surface area contributed by atoms with E-state index in [0.29, 0.717) is 38.8 Å². The first-order valence-corrected chi connectivity index (χ1v) is 8.10. The van der Waals surface area contributed by atoms with E-state index in [1.165, 1.54) is 12.8 Å². The highest BCUT2D eigenvalue weighted by atomic mass is 16.2. The molecule has 2 fully saturated rings. The van der Waals surface area contributed by atoms with E-state index >= 15 is 0 Å². The van der Waals surface area contributed by atoms with Crippen LogP contribution in [0, 0.1) is 0 Å². The summed E-state index contributed by atoms with van der Waals surface area (Å²) in [6.45, 7) is 9.86. The van der Waals surface area contributed by atoms with Crippen molar-refractivity contribution in [2.24, 2.45) is 0 Å². The Balaban J connectivity index is 1.81. The Morgan fingerprint density at radius 1 is 1.19 bits per heavy atom. The number of carbonyl (C=O) groups excluding carboxylic acids is 2. The van der Waals surface area contributed by atoms with Crippen molar-refractivity contribution in [3.05, 3.63) is 0 Å². The Labute approximate surface area is 127 Å². The normalized spacial score (nSPS) is 23.5. The van der Waals surface area contributed by atoms with Crippen molar-refractivity contribution in [3.63, 3.8) is 0 Å². The molecule has 6 nitrogen and oxygen atoms in total. The Morgan fingerprint density at radius 3 is 2.38 bits per heavy atom. The average molecular weight is 296 g/mol. The molecule has 2 heterocycles. The molecule has 21 heavy (non-hydrogen) atoms. The second kappa shape index (κ2) is 7.75. The van der Waals surface area contributed by atoms with E-state index in [-0.39, 0.29) is 11.8 Å². The first-order chi connectivity index (χ1) is 10.1. The fraction of sp³-hybridized carbons (Fsp3) is 0.867. The molecule has 1 atom stereocenters. The van der Waals surface area contributed by atoms with E-state index in [1.807, 2.05) is 9.80 Å². The summed E-state index contributed by atoms with van der Waals surface area (Å²) in [5.74, 6) is 0.302. The molecule has 0 radical (unpaired) electrons. The SMILES string of the molecule is CCN(CC(=O)N1CCN(C(C)=O)CC1)C1CCCNC1. The highest BCUT2D eigenvalue weighted by Crippen LogP contribution is 2.11. The number of nitrogens with zero attached hydrogens (tertiary/aromatic N) is 3. The van der Waals surface area contributed by atoms with Crippen LogP contribution in [0.2, 0.25) is 0 Å². The average Bonchev–Trinajstić information content (AvgIpc) is 2.53. The third-order valence-corrected chi connectivity index (χ3v) is 4.61. The lowest BCUT2D eigenvalue weighted by Gasteiger charge is -2.37. The van der Waals surface area contributed by atoms with Gasteiger partial charge < -0.3 is 15.1 Å². The Kier molecular flexibility index (Phi) is 5.99. The smallest absolute Gasteiger partial charge is 0.236 e. The fourth-order valence-corrected chi connectivity index (χ4v) is 3.19. The number of hydrogen-bond acceptors (Lipinski definition) is 4. The van der Waals surface area contributed by atoms with E-state index in [1.54, 1.807) is 6.92 Å². The van der Waals surface area contributed by atoms with Crippen molar-refractivity contribution in [2.75, 3.05) is 52.4 Å². The summed E-state index contributed by atoms with van der Waals surface area (Å²) >= 11 is 0. The monoisotopic (exact) mass is 296 g/mol. The van der Waals surface area contributed by atoms with E-state index in [2.05, 4.69) is 17.1 Å². The lowest BCUT2D eigenvalue weighted by Crippen LogP contribution is -2.54. The summed E-state index contributed by atoms with van der Waals surface area (Å²) < 4.78 is 0. The predicted octanol–water partition coefficient (Wildman–Crippen LogP) is -0.249. The molecular formula is C15H28N4O2. The molecule has 2 amide bonds. The van der Waals surface area contributed by atoms with Crippen LogP contribution in [-0.4, -0.2) is 84.9 Å². The lowest BCUT2D eigenvalue weighted by atomic mass is 10.1. The van der Waals surface area contributed by atoms with Crippen LogP contribution in [0.3, 0.4) is 0 Å². The quantitative estimate of drug-likeness (QED) is 0.777.